The predicted molar refractivity (Wildman–Crippen MR) is 76.4 cm³/mol. The first-order valence-corrected chi connectivity index (χ1v) is 8.55. The molecule has 0 saturated carbocycles. The van der Waals surface area contributed by atoms with E-state index in [1.54, 1.807) is 0 Å². The minimum absolute atomic E-state index is 0.981. The van der Waals surface area contributed by atoms with E-state index in [1.807, 2.05) is 0 Å². The zero-order chi connectivity index (χ0) is 11.7. The molecule has 3 rings (SSSR count). The summed E-state index contributed by atoms with van der Waals surface area (Å²) in [7, 11) is -0.981. The summed E-state index contributed by atoms with van der Waals surface area (Å²) in [5, 5.41) is 0. The zero-order valence-corrected chi connectivity index (χ0v) is 11.3. The Kier molecular flexibility index (Phi) is 2.99. The summed E-state index contributed by atoms with van der Waals surface area (Å²) in [4.78, 5) is 0. The molecule has 0 N–H and O–H groups in total. The van der Waals surface area contributed by atoms with Gasteiger partial charge in [0.05, 0.1) is 0 Å². The third-order valence-corrected chi connectivity index (χ3v) is 6.39. The van der Waals surface area contributed by atoms with Crippen molar-refractivity contribution in [2.45, 2.75) is 24.9 Å². The lowest BCUT2D eigenvalue weighted by Crippen LogP contribution is -2.23. The van der Waals surface area contributed by atoms with E-state index < -0.39 is 9.04 Å². The van der Waals surface area contributed by atoms with Crippen LogP contribution in [-0.2, 0) is 4.43 Å². The zero-order valence-electron chi connectivity index (χ0n) is 10.1. The van der Waals surface area contributed by atoms with Crippen LogP contribution in [0.25, 0.3) is 17.7 Å². The van der Waals surface area contributed by atoms with Crippen LogP contribution in [0.3, 0.4) is 0 Å². The monoisotopic (exact) mass is 242 g/mol. The number of benzene rings is 1. The Hall–Kier alpha value is -1.12. The fraction of sp³-hybridized carbons (Fsp3) is 0.333. The van der Waals surface area contributed by atoms with Crippen molar-refractivity contribution in [3.8, 4) is 0 Å². The average molecular weight is 242 g/mol. The molecule has 0 spiro atoms. The second-order valence-electron chi connectivity index (χ2n) is 4.97. The fourth-order valence-corrected chi connectivity index (χ4v) is 5.05. The Morgan fingerprint density at radius 3 is 2.76 bits per heavy atom. The van der Waals surface area contributed by atoms with E-state index in [9.17, 15) is 0 Å². The first kappa shape index (κ1) is 11.0. The molecule has 1 aliphatic carbocycles. The lowest BCUT2D eigenvalue weighted by molar-refractivity contribution is 0.289. The van der Waals surface area contributed by atoms with Gasteiger partial charge in [0.2, 0.25) is 0 Å². The maximum atomic E-state index is 5.90. The number of hydrogen-bond donors (Lipinski definition) is 0. The van der Waals surface area contributed by atoms with Gasteiger partial charge in [-0.25, -0.2) is 0 Å². The molecule has 1 aromatic rings. The minimum Gasteiger partial charge on any atom is -0.420 e. The molecule has 2 aliphatic rings. The van der Waals surface area contributed by atoms with Crippen LogP contribution >= 0.6 is 0 Å². The predicted octanol–water partition coefficient (Wildman–Crippen LogP) is 3.72. The normalized spacial score (nSPS) is 21.8. The molecule has 1 fully saturated rings. The summed E-state index contributed by atoms with van der Waals surface area (Å²) < 4.78 is 5.90. The van der Waals surface area contributed by atoms with E-state index >= 15 is 0 Å². The average Bonchev–Trinajstić information content (AvgIpc) is 2.32. The third-order valence-electron chi connectivity index (χ3n) is 3.69. The van der Waals surface area contributed by atoms with Gasteiger partial charge >= 0.3 is 0 Å². The Morgan fingerprint density at radius 2 is 2.12 bits per heavy atom. The van der Waals surface area contributed by atoms with Crippen LogP contribution in [-0.4, -0.2) is 15.6 Å². The van der Waals surface area contributed by atoms with Gasteiger partial charge in [-0.1, -0.05) is 37.3 Å². The molecule has 1 atom stereocenters. The molecular weight excluding hydrogens is 224 g/mol. The Bertz CT molecular complexity index is 470. The van der Waals surface area contributed by atoms with Gasteiger partial charge in [-0.05, 0) is 46.8 Å². The van der Waals surface area contributed by atoms with Gasteiger partial charge in [0.25, 0.3) is 0 Å². The van der Waals surface area contributed by atoms with E-state index in [2.05, 4.69) is 36.9 Å². The summed E-state index contributed by atoms with van der Waals surface area (Å²) >= 11 is 0. The molecule has 2 heteroatoms. The van der Waals surface area contributed by atoms with Crippen molar-refractivity contribution >= 4 is 26.8 Å². The smallest absolute Gasteiger partial charge is 0.181 e. The van der Waals surface area contributed by atoms with Gasteiger partial charge in [0, 0.05) is 6.61 Å². The van der Waals surface area contributed by atoms with Crippen LogP contribution in [0, 0.1) is 0 Å². The van der Waals surface area contributed by atoms with Crippen LogP contribution in [0.4, 0.5) is 0 Å². The SMILES string of the molecule is C=C(C[SiH]1CCCCO1)c1ccc2c(c1)C=C2. The highest BCUT2D eigenvalue weighted by molar-refractivity contribution is 6.54. The summed E-state index contributed by atoms with van der Waals surface area (Å²) in [6.45, 7) is 5.23. The van der Waals surface area contributed by atoms with Gasteiger partial charge in [-0.3, -0.25) is 0 Å². The second kappa shape index (κ2) is 4.63. The van der Waals surface area contributed by atoms with E-state index in [0.717, 1.165) is 12.7 Å². The van der Waals surface area contributed by atoms with Gasteiger partial charge in [0.15, 0.2) is 9.04 Å². The Balaban J connectivity index is 1.67. The van der Waals surface area contributed by atoms with Gasteiger partial charge < -0.3 is 4.43 Å². The maximum Gasteiger partial charge on any atom is 0.181 e. The first-order chi connectivity index (χ1) is 8.33. The highest BCUT2D eigenvalue weighted by Gasteiger charge is 2.18. The van der Waals surface area contributed by atoms with Gasteiger partial charge in [-0.15, -0.1) is 0 Å². The van der Waals surface area contributed by atoms with E-state index in [-0.39, 0.29) is 0 Å². The molecule has 1 heterocycles. The maximum absolute atomic E-state index is 5.90. The van der Waals surface area contributed by atoms with Gasteiger partial charge in [-0.2, -0.15) is 0 Å². The molecule has 1 aromatic carbocycles. The number of fused-ring (bicyclic) bond motifs is 1. The molecule has 1 nitrogen and oxygen atoms in total. The largest absolute Gasteiger partial charge is 0.420 e. The van der Waals surface area contributed by atoms with Crippen LogP contribution in [0.2, 0.25) is 12.1 Å². The first-order valence-electron chi connectivity index (χ1n) is 6.45. The topological polar surface area (TPSA) is 9.23 Å². The van der Waals surface area contributed by atoms with Crippen LogP contribution < -0.4 is 0 Å². The quantitative estimate of drug-likeness (QED) is 0.745. The van der Waals surface area contributed by atoms with E-state index in [1.165, 1.54) is 41.1 Å². The lowest BCUT2D eigenvalue weighted by atomic mass is 9.94. The number of hydrogen-bond acceptors (Lipinski definition) is 1. The second-order valence-corrected chi connectivity index (χ2v) is 7.54. The fourth-order valence-electron chi connectivity index (χ4n) is 2.54. The molecule has 1 unspecified atom stereocenters. The van der Waals surface area contributed by atoms with Crippen molar-refractivity contribution in [3.63, 3.8) is 0 Å². The van der Waals surface area contributed by atoms with Crippen LogP contribution in [0.15, 0.2) is 24.8 Å². The van der Waals surface area contributed by atoms with E-state index in [4.69, 9.17) is 4.43 Å². The highest BCUT2D eigenvalue weighted by Crippen LogP contribution is 2.29. The summed E-state index contributed by atoms with van der Waals surface area (Å²) in [5.74, 6) is 0. The third kappa shape index (κ3) is 2.28. The van der Waals surface area contributed by atoms with E-state index in [0.29, 0.717) is 0 Å². The summed E-state index contributed by atoms with van der Waals surface area (Å²) in [5.41, 5.74) is 5.28. The molecule has 88 valence electrons. The lowest BCUT2D eigenvalue weighted by Gasteiger charge is -2.22. The minimum atomic E-state index is -0.981. The highest BCUT2D eigenvalue weighted by atomic mass is 28.3. The molecular formula is C15H18OSi. The molecule has 0 bridgehead atoms. The van der Waals surface area contributed by atoms with Crippen LogP contribution in [0.5, 0.6) is 0 Å². The molecule has 17 heavy (non-hydrogen) atoms. The van der Waals surface area contributed by atoms with Crippen molar-refractivity contribution in [2.24, 2.45) is 0 Å². The van der Waals surface area contributed by atoms with Crippen molar-refractivity contribution in [1.82, 2.24) is 0 Å². The molecule has 0 amide bonds. The number of rotatable bonds is 3. The van der Waals surface area contributed by atoms with Crippen molar-refractivity contribution < 1.29 is 4.43 Å². The summed E-state index contributed by atoms with van der Waals surface area (Å²) in [6, 6.07) is 9.09. The van der Waals surface area contributed by atoms with Crippen molar-refractivity contribution in [1.29, 1.82) is 0 Å². The van der Waals surface area contributed by atoms with Gasteiger partial charge in [0.1, 0.15) is 0 Å². The number of allylic oxidation sites excluding steroid dienone is 1. The Morgan fingerprint density at radius 1 is 1.24 bits per heavy atom. The summed E-state index contributed by atoms with van der Waals surface area (Å²) in [6.07, 6.45) is 6.93. The Labute approximate surface area is 105 Å². The molecule has 0 radical (unpaired) electrons. The molecule has 1 saturated heterocycles. The van der Waals surface area contributed by atoms with Crippen molar-refractivity contribution in [2.75, 3.05) is 6.61 Å². The van der Waals surface area contributed by atoms with Crippen molar-refractivity contribution in [3.05, 3.63) is 41.5 Å². The van der Waals surface area contributed by atoms with Crippen LogP contribution in [0.1, 0.15) is 29.5 Å². The molecule has 1 aliphatic heterocycles. The molecule has 0 aromatic heterocycles. The standard InChI is InChI=1S/C15H18OSi/c1-12(11-17-9-3-2-8-16-17)14-6-4-13-5-7-15(13)10-14/h4-7,10,17H,1-3,8-9,11H2.